The Morgan fingerprint density at radius 2 is 1.77 bits per heavy atom. The summed E-state index contributed by atoms with van der Waals surface area (Å²) in [5.74, 6) is -3.31. The van der Waals surface area contributed by atoms with Crippen LogP contribution in [0.25, 0.3) is 5.69 Å². The summed E-state index contributed by atoms with van der Waals surface area (Å²) in [5.41, 5.74) is 0.0355. The molecule has 3 aromatic carbocycles. The smallest absolute Gasteiger partial charge is 0.339 e. The van der Waals surface area contributed by atoms with E-state index in [1.807, 2.05) is 37.2 Å². The number of hydrogen-bond donors (Lipinski definition) is 2. The fourth-order valence-electron chi connectivity index (χ4n) is 5.46. The number of likely N-dealkylation sites (N-methyl/N-ethyl adjacent to an activating group) is 2. The van der Waals surface area contributed by atoms with Crippen molar-refractivity contribution in [1.29, 1.82) is 0 Å². The molecule has 0 spiro atoms. The van der Waals surface area contributed by atoms with E-state index in [1.54, 1.807) is 29.8 Å². The monoisotopic (exact) mass is 648 g/mol. The van der Waals surface area contributed by atoms with Crippen LogP contribution in [-0.2, 0) is 15.8 Å². The number of hydrogen-bond acceptors (Lipinski definition) is 5. The number of benzene rings is 3. The van der Waals surface area contributed by atoms with E-state index in [2.05, 4.69) is 15.7 Å². The van der Waals surface area contributed by atoms with E-state index in [0.717, 1.165) is 18.2 Å². The van der Waals surface area contributed by atoms with Crippen molar-refractivity contribution in [3.8, 4) is 5.69 Å². The molecule has 0 unspecified atom stereocenters. The lowest BCUT2D eigenvalue weighted by Crippen LogP contribution is -2.55. The number of rotatable bonds is 9. The van der Waals surface area contributed by atoms with Crippen molar-refractivity contribution in [1.82, 2.24) is 20.0 Å². The molecule has 2 N–H and O–H groups in total. The van der Waals surface area contributed by atoms with Gasteiger partial charge in [0, 0.05) is 36.2 Å². The van der Waals surface area contributed by atoms with Gasteiger partial charge in [-0.25, -0.2) is 9.07 Å². The number of aromatic nitrogens is 2. The Bertz CT molecular complexity index is 1820. The minimum Gasteiger partial charge on any atom is -0.339 e. The third-order valence-electron chi connectivity index (χ3n) is 7.63. The topological polar surface area (TPSA) is 99.6 Å². The quantitative estimate of drug-likeness (QED) is 0.188. The molecular weight excluding hydrogens is 616 g/mol. The largest absolute Gasteiger partial charge is 0.416 e. The van der Waals surface area contributed by atoms with Crippen molar-refractivity contribution in [2.24, 2.45) is 0 Å². The van der Waals surface area contributed by atoms with Gasteiger partial charge in [0.05, 0.1) is 23.1 Å². The van der Waals surface area contributed by atoms with E-state index in [0.29, 0.717) is 35.2 Å². The van der Waals surface area contributed by atoms with Gasteiger partial charge in [-0.1, -0.05) is 36.4 Å². The van der Waals surface area contributed by atoms with Gasteiger partial charge in [0.15, 0.2) is 0 Å². The van der Waals surface area contributed by atoms with Gasteiger partial charge in [-0.3, -0.25) is 19.3 Å². The molecule has 2 heterocycles. The van der Waals surface area contributed by atoms with E-state index in [-0.39, 0.29) is 17.8 Å². The van der Waals surface area contributed by atoms with E-state index in [1.165, 1.54) is 35.4 Å². The predicted octanol–water partition coefficient (Wildman–Crippen LogP) is 5.38. The maximum absolute atomic E-state index is 15.0. The van der Waals surface area contributed by atoms with Gasteiger partial charge in [0.25, 0.3) is 11.8 Å². The minimum absolute atomic E-state index is 0.160. The predicted molar refractivity (Wildman–Crippen MR) is 169 cm³/mol. The highest BCUT2D eigenvalue weighted by Gasteiger charge is 2.44. The molecule has 13 heteroatoms. The average Bonchev–Trinajstić information content (AvgIpc) is 3.47. The van der Waals surface area contributed by atoms with Gasteiger partial charge in [-0.15, -0.1) is 0 Å². The lowest BCUT2D eigenvalue weighted by Gasteiger charge is -2.38. The molecule has 0 radical (unpaired) electrons. The molecule has 4 aromatic rings. The van der Waals surface area contributed by atoms with Gasteiger partial charge >= 0.3 is 6.18 Å². The highest BCUT2D eigenvalue weighted by Crippen LogP contribution is 2.42. The van der Waals surface area contributed by atoms with Gasteiger partial charge in [0.2, 0.25) is 5.91 Å². The standard InChI is InChI=1S/C34H32F4N6O3/c1-4-43-32-25(20-39-44(32)24-12-6-5-7-13-24)29(21-15-16-26(35)27(19-21)40-28(45)14-9-17-42(2)3)30(33(43)47)41-31(46)22-10-8-11-23(18-22)34(36,37)38/h5-16,18-20,29-30H,4,17H2,1-3H3,(H,40,45)(H,41,46)/b14-9+/t29-,30+/m1/s1. The average molecular weight is 649 g/mol. The zero-order valence-corrected chi connectivity index (χ0v) is 25.8. The number of alkyl halides is 3. The first-order valence-electron chi connectivity index (χ1n) is 14.7. The van der Waals surface area contributed by atoms with Crippen LogP contribution in [-0.4, -0.2) is 65.6 Å². The molecule has 0 bridgehead atoms. The summed E-state index contributed by atoms with van der Waals surface area (Å²) in [5, 5.41) is 9.72. The third kappa shape index (κ3) is 7.09. The van der Waals surface area contributed by atoms with Crippen molar-refractivity contribution in [3.05, 3.63) is 119 Å². The first-order valence-corrected chi connectivity index (χ1v) is 14.7. The molecule has 244 valence electrons. The van der Waals surface area contributed by atoms with Crippen molar-refractivity contribution < 1.29 is 31.9 Å². The number of amides is 3. The highest BCUT2D eigenvalue weighted by molar-refractivity contribution is 6.05. The Morgan fingerprint density at radius 3 is 2.45 bits per heavy atom. The molecule has 0 saturated carbocycles. The Hall–Kier alpha value is -5.30. The molecule has 9 nitrogen and oxygen atoms in total. The molecule has 2 atom stereocenters. The van der Waals surface area contributed by atoms with Crippen LogP contribution in [0.1, 0.15) is 39.9 Å². The fraction of sp³-hybridized carbons (Fsp3) is 0.235. The second-order valence-corrected chi connectivity index (χ2v) is 11.2. The molecule has 1 aliphatic rings. The van der Waals surface area contributed by atoms with Crippen molar-refractivity contribution in [2.45, 2.75) is 25.1 Å². The van der Waals surface area contributed by atoms with Crippen molar-refractivity contribution >= 4 is 29.2 Å². The SMILES string of the molecule is CCN1C(=O)[C@@H](NC(=O)c2cccc(C(F)(F)F)c2)[C@H](c2ccc(F)c(NC(=O)/C=C/CN(C)C)c2)c2cnn(-c3ccccc3)c21. The Labute approximate surface area is 268 Å². The number of anilines is 2. The summed E-state index contributed by atoms with van der Waals surface area (Å²) in [6, 6.07) is 15.6. The normalized spacial score (nSPS) is 16.4. The summed E-state index contributed by atoms with van der Waals surface area (Å²) < 4.78 is 56.9. The van der Waals surface area contributed by atoms with E-state index >= 15 is 4.39 Å². The summed E-state index contributed by atoms with van der Waals surface area (Å²) in [7, 11) is 3.65. The number of nitrogens with one attached hydrogen (secondary N) is 2. The van der Waals surface area contributed by atoms with Crippen LogP contribution in [0.5, 0.6) is 0 Å². The molecular formula is C34H32F4N6O3. The molecule has 1 aliphatic heterocycles. The summed E-state index contributed by atoms with van der Waals surface area (Å²) in [6.07, 6.45) is -0.261. The molecule has 0 saturated heterocycles. The molecule has 47 heavy (non-hydrogen) atoms. The minimum atomic E-state index is -4.68. The van der Waals surface area contributed by atoms with Crippen LogP contribution in [0.3, 0.4) is 0 Å². The number of halogens is 4. The van der Waals surface area contributed by atoms with Gasteiger partial charge < -0.3 is 15.5 Å². The lowest BCUT2D eigenvalue weighted by atomic mass is 9.82. The number of nitrogens with zero attached hydrogens (tertiary/aromatic N) is 4. The molecule has 0 fully saturated rings. The molecule has 5 rings (SSSR count). The second kappa shape index (κ2) is 13.6. The summed E-state index contributed by atoms with van der Waals surface area (Å²) in [6.45, 7) is 2.40. The van der Waals surface area contributed by atoms with Crippen LogP contribution in [0.2, 0.25) is 0 Å². The van der Waals surface area contributed by atoms with Crippen LogP contribution in [0.15, 0.2) is 91.1 Å². The molecule has 1 aromatic heterocycles. The van der Waals surface area contributed by atoms with Crippen molar-refractivity contribution in [3.63, 3.8) is 0 Å². The molecule has 0 aliphatic carbocycles. The van der Waals surface area contributed by atoms with Crippen LogP contribution in [0, 0.1) is 5.82 Å². The van der Waals surface area contributed by atoms with E-state index < -0.39 is 47.2 Å². The lowest BCUT2D eigenvalue weighted by molar-refractivity contribution is -0.137. The maximum atomic E-state index is 15.0. The maximum Gasteiger partial charge on any atom is 0.416 e. The van der Waals surface area contributed by atoms with E-state index in [9.17, 15) is 27.6 Å². The number of para-hydroxylation sites is 1. The zero-order chi connectivity index (χ0) is 33.9. The Kier molecular flexibility index (Phi) is 9.56. The first kappa shape index (κ1) is 33.1. The van der Waals surface area contributed by atoms with E-state index in [4.69, 9.17) is 0 Å². The Morgan fingerprint density at radius 1 is 1.02 bits per heavy atom. The number of carbonyl (C=O) groups excluding carboxylic acids is 3. The van der Waals surface area contributed by atoms with Crippen LogP contribution < -0.4 is 15.5 Å². The molecule has 3 amide bonds. The van der Waals surface area contributed by atoms with Gasteiger partial charge in [-0.2, -0.15) is 18.3 Å². The third-order valence-corrected chi connectivity index (χ3v) is 7.63. The first-order chi connectivity index (χ1) is 22.4. The summed E-state index contributed by atoms with van der Waals surface area (Å²) in [4.78, 5) is 43.5. The van der Waals surface area contributed by atoms with Gasteiger partial charge in [-0.05, 0) is 69.0 Å². The Balaban J connectivity index is 1.60. The number of carbonyl (C=O) groups is 3. The van der Waals surface area contributed by atoms with Crippen LogP contribution >= 0.6 is 0 Å². The fourth-order valence-corrected chi connectivity index (χ4v) is 5.46. The second-order valence-electron chi connectivity index (χ2n) is 11.2. The zero-order valence-electron chi connectivity index (χ0n) is 25.8. The van der Waals surface area contributed by atoms with Crippen LogP contribution in [0.4, 0.5) is 29.1 Å². The summed E-state index contributed by atoms with van der Waals surface area (Å²) >= 11 is 0. The van der Waals surface area contributed by atoms with Gasteiger partial charge in [0.1, 0.15) is 17.7 Å². The highest BCUT2D eigenvalue weighted by atomic mass is 19.4. The van der Waals surface area contributed by atoms with Crippen molar-refractivity contribution in [2.75, 3.05) is 37.4 Å². The number of fused-ring (bicyclic) bond motifs is 1.